The monoisotopic (exact) mass is 400 g/mol. The van der Waals surface area contributed by atoms with Gasteiger partial charge in [0.1, 0.15) is 0 Å². The van der Waals surface area contributed by atoms with Gasteiger partial charge in [-0.25, -0.2) is 0 Å². The van der Waals surface area contributed by atoms with E-state index < -0.39 is 0 Å². The van der Waals surface area contributed by atoms with Gasteiger partial charge in [-0.1, -0.05) is 53.6 Å². The third kappa shape index (κ3) is 4.85. The molecule has 0 aliphatic carbocycles. The summed E-state index contributed by atoms with van der Waals surface area (Å²) < 4.78 is 0. The van der Waals surface area contributed by atoms with E-state index in [-0.39, 0.29) is 11.8 Å². The fraction of sp³-hybridized carbons (Fsp3) is 0.320. The number of carbonyl (C=O) groups excluding carboxylic acids is 1. The van der Waals surface area contributed by atoms with Crippen LogP contribution in [0.1, 0.15) is 29.5 Å². The Balaban J connectivity index is 1.29. The average molecular weight is 401 g/mol. The van der Waals surface area contributed by atoms with Crippen LogP contribution in [-0.4, -0.2) is 29.2 Å². The van der Waals surface area contributed by atoms with Gasteiger partial charge >= 0.3 is 0 Å². The van der Waals surface area contributed by atoms with Gasteiger partial charge < -0.3 is 10.2 Å². The van der Waals surface area contributed by atoms with E-state index in [4.69, 9.17) is 0 Å². The molecule has 1 aliphatic rings. The Labute approximate surface area is 178 Å². The van der Waals surface area contributed by atoms with Crippen molar-refractivity contribution in [3.8, 4) is 11.3 Å². The maximum Gasteiger partial charge on any atom is 0.223 e. The van der Waals surface area contributed by atoms with E-state index in [9.17, 15) is 4.79 Å². The molecule has 3 aromatic rings. The van der Waals surface area contributed by atoms with E-state index in [2.05, 4.69) is 76.7 Å². The fourth-order valence-corrected chi connectivity index (χ4v) is 3.86. The zero-order valence-electron chi connectivity index (χ0n) is 17.6. The molecule has 0 atom stereocenters. The van der Waals surface area contributed by atoms with Crippen LogP contribution in [0.2, 0.25) is 0 Å². The molecule has 1 amide bonds. The summed E-state index contributed by atoms with van der Waals surface area (Å²) in [6.07, 6.45) is 1.67. The van der Waals surface area contributed by atoms with E-state index in [1.54, 1.807) is 0 Å². The molecule has 0 bridgehead atoms. The van der Waals surface area contributed by atoms with Crippen molar-refractivity contribution in [3.05, 3.63) is 77.4 Å². The minimum Gasteiger partial charge on any atom is -0.355 e. The molecule has 1 saturated heterocycles. The van der Waals surface area contributed by atoms with Gasteiger partial charge in [0.2, 0.25) is 5.91 Å². The Morgan fingerprint density at radius 2 is 1.73 bits per heavy atom. The van der Waals surface area contributed by atoms with E-state index in [0.29, 0.717) is 6.54 Å². The van der Waals surface area contributed by atoms with Gasteiger partial charge in [-0.3, -0.25) is 4.79 Å². The summed E-state index contributed by atoms with van der Waals surface area (Å²) >= 11 is 0. The molecule has 0 saturated carbocycles. The minimum atomic E-state index is 0.0613. The highest BCUT2D eigenvalue weighted by molar-refractivity contribution is 5.79. The summed E-state index contributed by atoms with van der Waals surface area (Å²) in [5.41, 5.74) is 5.54. The third-order valence-electron chi connectivity index (χ3n) is 5.74. The van der Waals surface area contributed by atoms with E-state index in [1.165, 1.54) is 11.1 Å². The molecule has 1 aliphatic heterocycles. The topological polar surface area (TPSA) is 58.1 Å². The molecule has 1 fully saturated rings. The fourth-order valence-electron chi connectivity index (χ4n) is 3.86. The number of benzene rings is 2. The van der Waals surface area contributed by atoms with Crippen molar-refractivity contribution in [2.45, 2.75) is 33.2 Å². The van der Waals surface area contributed by atoms with Gasteiger partial charge in [0.15, 0.2) is 5.82 Å². The number of carbonyl (C=O) groups is 1. The molecule has 1 aromatic heterocycles. The molecule has 0 spiro atoms. The summed E-state index contributed by atoms with van der Waals surface area (Å²) in [6, 6.07) is 20.6. The van der Waals surface area contributed by atoms with Crippen LogP contribution in [0.25, 0.3) is 11.3 Å². The standard InChI is InChI=1S/C25H28N4O/c1-18-6-8-20(9-7-18)17-26-25(30)21-12-14-29(15-13-21)24-11-10-23(27-28-24)22-5-3-4-19(2)16-22/h3-11,16,21H,12-15,17H2,1-2H3,(H,26,30). The number of nitrogens with one attached hydrogen (secondary N) is 1. The molecule has 2 heterocycles. The van der Waals surface area contributed by atoms with Crippen molar-refractivity contribution in [2.24, 2.45) is 5.92 Å². The molecule has 5 heteroatoms. The van der Waals surface area contributed by atoms with Crippen LogP contribution in [0.4, 0.5) is 5.82 Å². The first-order valence-corrected chi connectivity index (χ1v) is 10.6. The molecule has 30 heavy (non-hydrogen) atoms. The molecule has 0 radical (unpaired) electrons. The Hall–Kier alpha value is -3.21. The lowest BCUT2D eigenvalue weighted by Gasteiger charge is -2.31. The Morgan fingerprint density at radius 3 is 2.40 bits per heavy atom. The van der Waals surface area contributed by atoms with E-state index >= 15 is 0 Å². The van der Waals surface area contributed by atoms with Crippen LogP contribution in [-0.2, 0) is 11.3 Å². The smallest absolute Gasteiger partial charge is 0.223 e. The third-order valence-corrected chi connectivity index (χ3v) is 5.74. The van der Waals surface area contributed by atoms with Crippen molar-refractivity contribution in [2.75, 3.05) is 18.0 Å². The highest BCUT2D eigenvalue weighted by atomic mass is 16.1. The van der Waals surface area contributed by atoms with Crippen LogP contribution in [0.5, 0.6) is 0 Å². The van der Waals surface area contributed by atoms with Gasteiger partial charge in [-0.05, 0) is 50.5 Å². The highest BCUT2D eigenvalue weighted by Gasteiger charge is 2.25. The normalized spacial score (nSPS) is 14.5. The predicted molar refractivity (Wildman–Crippen MR) is 120 cm³/mol. The molecular weight excluding hydrogens is 372 g/mol. The number of aryl methyl sites for hydroxylation is 2. The molecule has 4 rings (SSSR count). The van der Waals surface area contributed by atoms with Crippen LogP contribution in [0, 0.1) is 19.8 Å². The van der Waals surface area contributed by atoms with E-state index in [0.717, 1.165) is 48.6 Å². The molecule has 1 N–H and O–H groups in total. The number of amides is 1. The van der Waals surface area contributed by atoms with Gasteiger partial charge in [0, 0.05) is 31.1 Å². The summed E-state index contributed by atoms with van der Waals surface area (Å²) in [4.78, 5) is 14.8. The van der Waals surface area contributed by atoms with Crippen molar-refractivity contribution >= 4 is 11.7 Å². The number of anilines is 1. The quantitative estimate of drug-likeness (QED) is 0.694. The van der Waals surface area contributed by atoms with Crippen LogP contribution < -0.4 is 10.2 Å². The van der Waals surface area contributed by atoms with Crippen LogP contribution in [0.3, 0.4) is 0 Å². The number of hydrogen-bond acceptors (Lipinski definition) is 4. The average Bonchev–Trinajstić information content (AvgIpc) is 2.79. The summed E-state index contributed by atoms with van der Waals surface area (Å²) in [7, 11) is 0. The van der Waals surface area contributed by atoms with Crippen molar-refractivity contribution in [3.63, 3.8) is 0 Å². The van der Waals surface area contributed by atoms with Gasteiger partial charge in [-0.2, -0.15) is 0 Å². The SMILES string of the molecule is Cc1ccc(CNC(=O)C2CCN(c3ccc(-c4cccc(C)c4)nn3)CC2)cc1. The van der Waals surface area contributed by atoms with Crippen LogP contribution >= 0.6 is 0 Å². The van der Waals surface area contributed by atoms with Crippen molar-refractivity contribution in [1.29, 1.82) is 0 Å². The van der Waals surface area contributed by atoms with Crippen molar-refractivity contribution < 1.29 is 4.79 Å². The maximum atomic E-state index is 12.6. The minimum absolute atomic E-state index is 0.0613. The largest absolute Gasteiger partial charge is 0.355 e. The predicted octanol–water partition coefficient (Wildman–Crippen LogP) is 4.29. The van der Waals surface area contributed by atoms with Gasteiger partial charge in [0.25, 0.3) is 0 Å². The lowest BCUT2D eigenvalue weighted by molar-refractivity contribution is -0.125. The summed E-state index contributed by atoms with van der Waals surface area (Å²) in [5.74, 6) is 1.09. The summed E-state index contributed by atoms with van der Waals surface area (Å²) in [6.45, 7) is 6.37. The summed E-state index contributed by atoms with van der Waals surface area (Å²) in [5, 5.41) is 11.9. The Morgan fingerprint density at radius 1 is 0.967 bits per heavy atom. The second-order valence-electron chi connectivity index (χ2n) is 8.11. The Bertz CT molecular complexity index is 990. The van der Waals surface area contributed by atoms with Crippen molar-refractivity contribution in [1.82, 2.24) is 15.5 Å². The molecule has 154 valence electrons. The van der Waals surface area contributed by atoms with Gasteiger partial charge in [0.05, 0.1) is 5.69 Å². The number of hydrogen-bond donors (Lipinski definition) is 1. The number of aromatic nitrogens is 2. The maximum absolute atomic E-state index is 12.6. The first-order chi connectivity index (χ1) is 14.6. The number of piperidine rings is 1. The lowest BCUT2D eigenvalue weighted by Crippen LogP contribution is -2.40. The molecule has 0 unspecified atom stereocenters. The first-order valence-electron chi connectivity index (χ1n) is 10.6. The second kappa shape index (κ2) is 9.08. The molecule has 5 nitrogen and oxygen atoms in total. The van der Waals surface area contributed by atoms with Gasteiger partial charge in [-0.15, -0.1) is 10.2 Å². The van der Waals surface area contributed by atoms with E-state index in [1.807, 2.05) is 18.2 Å². The first kappa shape index (κ1) is 20.1. The molecular formula is C25H28N4O. The number of nitrogens with zero attached hydrogens (tertiary/aromatic N) is 3. The van der Waals surface area contributed by atoms with Crippen LogP contribution in [0.15, 0.2) is 60.7 Å². The second-order valence-corrected chi connectivity index (χ2v) is 8.11. The highest BCUT2D eigenvalue weighted by Crippen LogP contribution is 2.24. The molecule has 2 aromatic carbocycles. The zero-order valence-corrected chi connectivity index (χ0v) is 17.6. The zero-order chi connectivity index (χ0) is 20.9. The Kier molecular flexibility index (Phi) is 6.07. The number of rotatable bonds is 5. The lowest BCUT2D eigenvalue weighted by atomic mass is 9.95.